The van der Waals surface area contributed by atoms with Crippen LogP contribution in [0, 0.1) is 0 Å². The highest BCUT2D eigenvalue weighted by atomic mass is 35.5. The number of carbonyl (C=O) groups is 2. The van der Waals surface area contributed by atoms with Crippen LogP contribution in [0.25, 0.3) is 0 Å². The van der Waals surface area contributed by atoms with Gasteiger partial charge in [0.25, 0.3) is 5.91 Å². The SMILES string of the molecule is CN1C(C(=O)Nc2cccc(CCc3ccccc3)n2)C(=O)c2sc(Cl)cc2S1(=O)=O. The Labute approximate surface area is 188 Å². The van der Waals surface area contributed by atoms with Gasteiger partial charge in [0.1, 0.15) is 10.7 Å². The number of nitrogens with one attached hydrogen (secondary N) is 1. The summed E-state index contributed by atoms with van der Waals surface area (Å²) in [5.74, 6) is -1.12. The summed E-state index contributed by atoms with van der Waals surface area (Å²) in [7, 11) is -2.81. The Bertz CT molecular complexity index is 1260. The molecule has 0 fully saturated rings. The zero-order valence-corrected chi connectivity index (χ0v) is 18.8. The number of hydrogen-bond acceptors (Lipinski definition) is 6. The lowest BCUT2D eigenvalue weighted by Gasteiger charge is -2.29. The van der Waals surface area contributed by atoms with Gasteiger partial charge in [-0.1, -0.05) is 48.0 Å². The lowest BCUT2D eigenvalue weighted by atomic mass is 10.1. The van der Waals surface area contributed by atoms with Crippen molar-refractivity contribution in [1.29, 1.82) is 0 Å². The van der Waals surface area contributed by atoms with Crippen molar-refractivity contribution in [2.75, 3.05) is 12.4 Å². The van der Waals surface area contributed by atoms with Crippen LogP contribution in [0.5, 0.6) is 0 Å². The fourth-order valence-corrected chi connectivity index (χ4v) is 6.42. The molecule has 3 aromatic rings. The van der Waals surface area contributed by atoms with Crippen LogP contribution in [0.15, 0.2) is 59.5 Å². The van der Waals surface area contributed by atoms with E-state index in [-0.39, 0.29) is 19.9 Å². The molecular weight excluding hydrogens is 458 g/mol. The zero-order chi connectivity index (χ0) is 22.2. The minimum Gasteiger partial charge on any atom is -0.309 e. The molecule has 0 aliphatic carbocycles. The molecule has 1 aliphatic heterocycles. The summed E-state index contributed by atoms with van der Waals surface area (Å²) in [6, 6.07) is 14.9. The Hall–Kier alpha value is -2.59. The molecule has 1 aliphatic rings. The summed E-state index contributed by atoms with van der Waals surface area (Å²) in [6.45, 7) is 0. The summed E-state index contributed by atoms with van der Waals surface area (Å²) in [5.41, 5.74) is 1.94. The second-order valence-corrected chi connectivity index (χ2v) is 10.7. The number of carbonyl (C=O) groups excluding carboxylic acids is 2. The lowest BCUT2D eigenvalue weighted by molar-refractivity contribution is -0.118. The molecule has 1 atom stereocenters. The van der Waals surface area contributed by atoms with Crippen LogP contribution in [0.4, 0.5) is 5.82 Å². The topological polar surface area (TPSA) is 96.4 Å². The number of fused-ring (bicyclic) bond motifs is 1. The number of thiophene rings is 1. The predicted octanol–water partition coefficient (Wildman–Crippen LogP) is 3.41. The van der Waals surface area contributed by atoms with Crippen molar-refractivity contribution in [3.05, 3.63) is 75.1 Å². The smallest absolute Gasteiger partial charge is 0.252 e. The van der Waals surface area contributed by atoms with Gasteiger partial charge in [0.05, 0.1) is 9.21 Å². The molecule has 10 heteroatoms. The molecule has 7 nitrogen and oxygen atoms in total. The fourth-order valence-electron chi connectivity index (χ4n) is 3.38. The van der Waals surface area contributed by atoms with Crippen LogP contribution >= 0.6 is 22.9 Å². The lowest BCUT2D eigenvalue weighted by Crippen LogP contribution is -2.52. The highest BCUT2D eigenvalue weighted by Gasteiger charge is 2.47. The number of pyridine rings is 1. The number of nitrogens with zero attached hydrogens (tertiary/aromatic N) is 2. The molecule has 0 saturated carbocycles. The van der Waals surface area contributed by atoms with E-state index < -0.39 is 27.8 Å². The van der Waals surface area contributed by atoms with E-state index in [4.69, 9.17) is 11.6 Å². The molecule has 1 amide bonds. The van der Waals surface area contributed by atoms with Gasteiger partial charge in [-0.05, 0) is 36.6 Å². The largest absolute Gasteiger partial charge is 0.309 e. The third-order valence-electron chi connectivity index (χ3n) is 4.98. The second-order valence-electron chi connectivity index (χ2n) is 7.02. The standard InChI is InChI=1S/C21H18ClN3O4S2/c1-25-18(19(26)20-15(31(25,28)29)12-16(22)30-20)21(27)24-17-9-5-8-14(23-17)11-10-13-6-3-2-4-7-13/h2-9,12,18H,10-11H2,1H3,(H,23,24,27). The number of halogens is 1. The van der Waals surface area contributed by atoms with Crippen LogP contribution in [0.3, 0.4) is 0 Å². The minimum absolute atomic E-state index is 0.0344. The number of anilines is 1. The minimum atomic E-state index is -4.01. The molecule has 0 radical (unpaired) electrons. The van der Waals surface area contributed by atoms with Crippen molar-refractivity contribution in [2.24, 2.45) is 0 Å². The average Bonchev–Trinajstić information content (AvgIpc) is 3.15. The van der Waals surface area contributed by atoms with E-state index in [1.807, 2.05) is 36.4 Å². The fraction of sp³-hybridized carbons (Fsp3) is 0.190. The molecule has 0 bridgehead atoms. The molecule has 160 valence electrons. The van der Waals surface area contributed by atoms with E-state index in [2.05, 4.69) is 10.3 Å². The Morgan fingerprint density at radius 1 is 1.16 bits per heavy atom. The Balaban J connectivity index is 1.52. The molecular formula is C21H18ClN3O4S2. The summed E-state index contributed by atoms with van der Waals surface area (Å²) in [5, 5.41) is 2.58. The normalized spacial score (nSPS) is 17.9. The van der Waals surface area contributed by atoms with Gasteiger partial charge >= 0.3 is 0 Å². The first-order chi connectivity index (χ1) is 14.8. The van der Waals surface area contributed by atoms with E-state index in [0.29, 0.717) is 6.42 Å². The zero-order valence-electron chi connectivity index (χ0n) is 16.4. The summed E-state index contributed by atoms with van der Waals surface area (Å²) < 4.78 is 26.4. The quantitative estimate of drug-likeness (QED) is 0.570. The molecule has 3 heterocycles. The van der Waals surface area contributed by atoms with Gasteiger partial charge in [-0.25, -0.2) is 13.4 Å². The molecule has 0 spiro atoms. The van der Waals surface area contributed by atoms with Gasteiger partial charge in [0, 0.05) is 12.7 Å². The van der Waals surface area contributed by atoms with Gasteiger partial charge in [-0.15, -0.1) is 11.3 Å². The number of aryl methyl sites for hydroxylation is 2. The number of ketones is 1. The van der Waals surface area contributed by atoms with E-state index in [1.54, 1.807) is 12.1 Å². The van der Waals surface area contributed by atoms with E-state index in [9.17, 15) is 18.0 Å². The van der Waals surface area contributed by atoms with Gasteiger partial charge < -0.3 is 5.32 Å². The van der Waals surface area contributed by atoms with Crippen molar-refractivity contribution >= 4 is 50.5 Å². The second kappa shape index (κ2) is 8.51. The van der Waals surface area contributed by atoms with Gasteiger partial charge in [0.2, 0.25) is 15.8 Å². The van der Waals surface area contributed by atoms with Crippen LogP contribution in [-0.4, -0.2) is 42.5 Å². The number of aromatic nitrogens is 1. The number of benzene rings is 1. The molecule has 1 unspecified atom stereocenters. The predicted molar refractivity (Wildman–Crippen MR) is 119 cm³/mol. The molecule has 31 heavy (non-hydrogen) atoms. The Morgan fingerprint density at radius 3 is 2.65 bits per heavy atom. The molecule has 4 rings (SSSR count). The van der Waals surface area contributed by atoms with Gasteiger partial charge in [0.15, 0.2) is 6.04 Å². The highest BCUT2D eigenvalue weighted by molar-refractivity contribution is 7.89. The average molecular weight is 476 g/mol. The number of Topliss-reactive ketones (excluding diaryl/α,β-unsaturated/α-hetero) is 1. The van der Waals surface area contributed by atoms with Crippen LogP contribution < -0.4 is 5.32 Å². The number of hydrogen-bond donors (Lipinski definition) is 1. The molecule has 2 aromatic heterocycles. The molecule has 1 N–H and O–H groups in total. The maximum Gasteiger partial charge on any atom is 0.252 e. The maximum absolute atomic E-state index is 12.9. The highest BCUT2D eigenvalue weighted by Crippen LogP contribution is 2.37. The van der Waals surface area contributed by atoms with E-state index in [1.165, 1.54) is 18.7 Å². The van der Waals surface area contributed by atoms with Crippen LogP contribution in [0.1, 0.15) is 20.9 Å². The first-order valence-electron chi connectivity index (χ1n) is 9.39. The van der Waals surface area contributed by atoms with E-state index in [0.717, 1.165) is 27.8 Å². The number of likely N-dealkylation sites (N-methyl/N-ethyl adjacent to an activating group) is 1. The summed E-state index contributed by atoms with van der Waals surface area (Å²) >= 11 is 6.76. The monoisotopic (exact) mass is 475 g/mol. The maximum atomic E-state index is 12.9. The van der Waals surface area contributed by atoms with Crippen molar-refractivity contribution < 1.29 is 18.0 Å². The number of rotatable bonds is 5. The van der Waals surface area contributed by atoms with Crippen molar-refractivity contribution in [3.8, 4) is 0 Å². The van der Waals surface area contributed by atoms with Crippen molar-refractivity contribution in [1.82, 2.24) is 9.29 Å². The molecule has 0 saturated heterocycles. The van der Waals surface area contributed by atoms with E-state index >= 15 is 0 Å². The third kappa shape index (κ3) is 4.27. The Kier molecular flexibility index (Phi) is 5.94. The number of sulfonamides is 1. The van der Waals surface area contributed by atoms with Crippen LogP contribution in [-0.2, 0) is 27.7 Å². The first-order valence-corrected chi connectivity index (χ1v) is 12.0. The molecule has 1 aromatic carbocycles. The van der Waals surface area contributed by atoms with Gasteiger partial charge in [-0.3, -0.25) is 9.59 Å². The van der Waals surface area contributed by atoms with Crippen molar-refractivity contribution in [3.63, 3.8) is 0 Å². The van der Waals surface area contributed by atoms with Gasteiger partial charge in [-0.2, -0.15) is 4.31 Å². The van der Waals surface area contributed by atoms with Crippen LogP contribution in [0.2, 0.25) is 4.34 Å². The summed E-state index contributed by atoms with van der Waals surface area (Å²) in [6.07, 6.45) is 1.46. The first kappa shape index (κ1) is 21.6. The number of amides is 1. The summed E-state index contributed by atoms with van der Waals surface area (Å²) in [4.78, 5) is 30.0. The third-order valence-corrected chi connectivity index (χ3v) is 8.23. The van der Waals surface area contributed by atoms with Crippen molar-refractivity contribution in [2.45, 2.75) is 23.8 Å². The Morgan fingerprint density at radius 2 is 1.90 bits per heavy atom.